The van der Waals surface area contributed by atoms with Gasteiger partial charge < -0.3 is 4.74 Å². The molecule has 0 saturated carbocycles. The molecule has 2 rings (SSSR count). The lowest BCUT2D eigenvalue weighted by Gasteiger charge is -2.30. The van der Waals surface area contributed by atoms with Crippen molar-refractivity contribution in [3.63, 3.8) is 0 Å². The highest BCUT2D eigenvalue weighted by atomic mass is 35.5. The SMILES string of the molecule is CCOC(=O)[C@H](CC(C)C)N(Cc1ccc(Cl)cc1)S(=O)(=O)c1ccc([N+](=O)[O-])cc1. The van der Waals surface area contributed by atoms with Gasteiger partial charge in [-0.3, -0.25) is 14.9 Å². The third-order valence-electron chi connectivity index (χ3n) is 4.51. The molecule has 0 saturated heterocycles. The van der Waals surface area contributed by atoms with Gasteiger partial charge in [0.15, 0.2) is 0 Å². The Labute approximate surface area is 187 Å². The van der Waals surface area contributed by atoms with Gasteiger partial charge in [0.05, 0.1) is 16.4 Å². The molecule has 1 atom stereocenters. The second-order valence-corrected chi connectivity index (χ2v) is 9.65. The summed E-state index contributed by atoms with van der Waals surface area (Å²) in [7, 11) is -4.18. The number of benzene rings is 2. The zero-order valence-electron chi connectivity index (χ0n) is 17.5. The highest BCUT2D eigenvalue weighted by Crippen LogP contribution is 2.27. The molecule has 168 valence electrons. The van der Waals surface area contributed by atoms with E-state index in [0.717, 1.165) is 16.4 Å². The minimum Gasteiger partial charge on any atom is -0.465 e. The van der Waals surface area contributed by atoms with Gasteiger partial charge in [-0.25, -0.2) is 8.42 Å². The molecule has 0 aromatic heterocycles. The number of rotatable bonds is 10. The third-order valence-corrected chi connectivity index (χ3v) is 6.63. The Balaban J connectivity index is 2.55. The second kappa shape index (κ2) is 10.7. The number of nitro groups is 1. The number of nitrogens with zero attached hydrogens (tertiary/aromatic N) is 2. The molecule has 0 bridgehead atoms. The van der Waals surface area contributed by atoms with Gasteiger partial charge in [0.25, 0.3) is 5.69 Å². The fraction of sp³-hybridized carbons (Fsp3) is 0.381. The lowest BCUT2D eigenvalue weighted by Crippen LogP contribution is -2.46. The number of hydrogen-bond acceptors (Lipinski definition) is 6. The van der Waals surface area contributed by atoms with Crippen molar-refractivity contribution < 1.29 is 22.9 Å². The van der Waals surface area contributed by atoms with Gasteiger partial charge in [-0.15, -0.1) is 0 Å². The van der Waals surface area contributed by atoms with Crippen LogP contribution in [0, 0.1) is 16.0 Å². The number of non-ortho nitro benzene ring substituents is 1. The van der Waals surface area contributed by atoms with E-state index in [1.54, 1.807) is 31.2 Å². The standard InChI is InChI=1S/C21H25ClN2O6S/c1-4-30-21(25)20(13-15(2)3)23(14-16-5-7-17(22)8-6-16)31(28,29)19-11-9-18(10-12-19)24(26)27/h5-12,15,20H,4,13-14H2,1-3H3/t20-/m0/s1. The number of sulfonamides is 1. The van der Waals surface area contributed by atoms with Gasteiger partial charge >= 0.3 is 5.97 Å². The van der Waals surface area contributed by atoms with Crippen LogP contribution in [0.15, 0.2) is 53.4 Å². The predicted molar refractivity (Wildman–Crippen MR) is 117 cm³/mol. The molecule has 0 fully saturated rings. The Kier molecular flexibility index (Phi) is 8.55. The van der Waals surface area contributed by atoms with Crippen LogP contribution in [0.3, 0.4) is 0 Å². The number of ether oxygens (including phenoxy) is 1. The average molecular weight is 469 g/mol. The number of hydrogen-bond donors (Lipinski definition) is 0. The first-order valence-electron chi connectivity index (χ1n) is 9.73. The highest BCUT2D eigenvalue weighted by Gasteiger charge is 2.37. The van der Waals surface area contributed by atoms with Gasteiger partial charge in [0, 0.05) is 23.7 Å². The van der Waals surface area contributed by atoms with Gasteiger partial charge in [0.1, 0.15) is 6.04 Å². The topological polar surface area (TPSA) is 107 Å². The summed E-state index contributed by atoms with van der Waals surface area (Å²) in [6, 6.07) is 10.1. The van der Waals surface area contributed by atoms with E-state index in [9.17, 15) is 23.3 Å². The number of halogens is 1. The van der Waals surface area contributed by atoms with Crippen LogP contribution in [-0.4, -0.2) is 36.3 Å². The van der Waals surface area contributed by atoms with E-state index in [1.165, 1.54) is 12.1 Å². The first-order chi connectivity index (χ1) is 14.6. The van der Waals surface area contributed by atoms with Crippen molar-refractivity contribution in [2.75, 3.05) is 6.61 Å². The van der Waals surface area contributed by atoms with Crippen LogP contribution in [0.4, 0.5) is 5.69 Å². The fourth-order valence-electron chi connectivity index (χ4n) is 3.02. The lowest BCUT2D eigenvalue weighted by molar-refractivity contribution is -0.384. The summed E-state index contributed by atoms with van der Waals surface area (Å²) in [5, 5.41) is 11.4. The Hall–Kier alpha value is -2.49. The summed E-state index contributed by atoms with van der Waals surface area (Å²) in [6.07, 6.45) is 0.249. The van der Waals surface area contributed by atoms with Crippen molar-refractivity contribution in [1.82, 2.24) is 4.31 Å². The first-order valence-corrected chi connectivity index (χ1v) is 11.6. The zero-order valence-corrected chi connectivity index (χ0v) is 19.1. The molecule has 0 amide bonds. The van der Waals surface area contributed by atoms with Gasteiger partial charge in [0.2, 0.25) is 10.0 Å². The van der Waals surface area contributed by atoms with E-state index < -0.39 is 27.0 Å². The minimum absolute atomic E-state index is 0.00850. The van der Waals surface area contributed by atoms with Crippen molar-refractivity contribution in [3.8, 4) is 0 Å². The van der Waals surface area contributed by atoms with E-state index in [1.807, 2.05) is 13.8 Å². The van der Waals surface area contributed by atoms with Crippen LogP contribution in [0.5, 0.6) is 0 Å². The van der Waals surface area contributed by atoms with Crippen LogP contribution in [-0.2, 0) is 26.1 Å². The van der Waals surface area contributed by atoms with E-state index in [4.69, 9.17) is 16.3 Å². The summed E-state index contributed by atoms with van der Waals surface area (Å²) in [6.45, 7) is 5.43. The molecule has 0 heterocycles. The van der Waals surface area contributed by atoms with E-state index in [-0.39, 0.29) is 36.1 Å². The molecular formula is C21H25ClN2O6S. The number of carbonyl (C=O) groups is 1. The van der Waals surface area contributed by atoms with Crippen molar-refractivity contribution in [3.05, 3.63) is 69.2 Å². The van der Waals surface area contributed by atoms with Gasteiger partial charge in [-0.2, -0.15) is 4.31 Å². The van der Waals surface area contributed by atoms with Crippen molar-refractivity contribution >= 4 is 33.3 Å². The molecule has 0 radical (unpaired) electrons. The number of esters is 1. The van der Waals surface area contributed by atoms with Crippen molar-refractivity contribution in [1.29, 1.82) is 0 Å². The maximum atomic E-state index is 13.5. The normalized spacial score (nSPS) is 12.7. The lowest BCUT2D eigenvalue weighted by atomic mass is 10.0. The van der Waals surface area contributed by atoms with Crippen LogP contribution in [0.1, 0.15) is 32.8 Å². The fourth-order valence-corrected chi connectivity index (χ4v) is 4.73. The third kappa shape index (κ3) is 6.49. The number of nitro benzene ring substituents is 1. The molecule has 0 aliphatic carbocycles. The Morgan fingerprint density at radius 2 is 1.71 bits per heavy atom. The summed E-state index contributed by atoms with van der Waals surface area (Å²) in [4.78, 5) is 22.9. The highest BCUT2D eigenvalue weighted by molar-refractivity contribution is 7.89. The van der Waals surface area contributed by atoms with E-state index in [2.05, 4.69) is 0 Å². The Bertz CT molecular complexity index is 1010. The maximum Gasteiger partial charge on any atom is 0.324 e. The van der Waals surface area contributed by atoms with Crippen LogP contribution in [0.2, 0.25) is 5.02 Å². The maximum absolute atomic E-state index is 13.5. The molecule has 10 heteroatoms. The first kappa shape index (κ1) is 24.8. The molecule has 0 aliphatic rings. The zero-order chi connectivity index (χ0) is 23.2. The molecule has 2 aromatic carbocycles. The molecule has 0 unspecified atom stereocenters. The molecule has 0 aliphatic heterocycles. The predicted octanol–water partition coefficient (Wildman–Crippen LogP) is 4.42. The molecular weight excluding hydrogens is 444 g/mol. The average Bonchev–Trinajstić information content (AvgIpc) is 2.71. The Morgan fingerprint density at radius 1 is 1.13 bits per heavy atom. The Morgan fingerprint density at radius 3 is 2.19 bits per heavy atom. The minimum atomic E-state index is -4.18. The smallest absolute Gasteiger partial charge is 0.324 e. The molecule has 0 N–H and O–H groups in total. The quantitative estimate of drug-likeness (QED) is 0.290. The summed E-state index contributed by atoms with van der Waals surface area (Å²) in [5.74, 6) is -0.634. The van der Waals surface area contributed by atoms with E-state index >= 15 is 0 Å². The van der Waals surface area contributed by atoms with Crippen molar-refractivity contribution in [2.45, 2.75) is 44.7 Å². The van der Waals surface area contributed by atoms with Crippen molar-refractivity contribution in [2.24, 2.45) is 5.92 Å². The van der Waals surface area contributed by atoms with Crippen LogP contribution in [0.25, 0.3) is 0 Å². The molecule has 31 heavy (non-hydrogen) atoms. The van der Waals surface area contributed by atoms with Crippen LogP contribution < -0.4 is 0 Å². The number of carbonyl (C=O) groups excluding carboxylic acids is 1. The summed E-state index contributed by atoms with van der Waals surface area (Å²) < 4.78 is 33.3. The van der Waals surface area contributed by atoms with E-state index in [0.29, 0.717) is 10.6 Å². The summed E-state index contributed by atoms with van der Waals surface area (Å²) in [5.41, 5.74) is 0.403. The van der Waals surface area contributed by atoms with Gasteiger partial charge in [-0.1, -0.05) is 37.6 Å². The largest absolute Gasteiger partial charge is 0.465 e. The second-order valence-electron chi connectivity index (χ2n) is 7.33. The summed E-state index contributed by atoms with van der Waals surface area (Å²) >= 11 is 5.94. The molecule has 8 nitrogen and oxygen atoms in total. The monoisotopic (exact) mass is 468 g/mol. The van der Waals surface area contributed by atoms with Gasteiger partial charge in [-0.05, 0) is 49.1 Å². The molecule has 2 aromatic rings. The molecule has 0 spiro atoms. The van der Waals surface area contributed by atoms with Crippen LogP contribution >= 0.6 is 11.6 Å².